The Morgan fingerprint density at radius 2 is 0.905 bits per heavy atom. The van der Waals surface area contributed by atoms with Gasteiger partial charge in [-0.3, -0.25) is 0 Å². The maximum absolute atomic E-state index is 11.1. The summed E-state index contributed by atoms with van der Waals surface area (Å²) in [6, 6.07) is 13.8. The average molecular weight is 569 g/mol. The van der Waals surface area contributed by atoms with Crippen molar-refractivity contribution in [3.05, 3.63) is 58.7 Å². The number of phenols is 2. The molecule has 2 aromatic carbocycles. The SMILES string of the molecule is CC(C)C12CC3(c4ccc(O)c(C5CCCCC5)c4)CC(c4ccc(O)c(C5CCCCC5)c4)(C1)CC(C(C)C)(C3)C2. The van der Waals surface area contributed by atoms with Gasteiger partial charge in [0, 0.05) is 0 Å². The van der Waals surface area contributed by atoms with E-state index in [1.807, 2.05) is 0 Å². The van der Waals surface area contributed by atoms with Gasteiger partial charge in [-0.15, -0.1) is 0 Å². The van der Waals surface area contributed by atoms with Crippen LogP contribution >= 0.6 is 0 Å². The van der Waals surface area contributed by atoms with Gasteiger partial charge in [0.1, 0.15) is 11.5 Å². The molecule has 228 valence electrons. The van der Waals surface area contributed by atoms with Gasteiger partial charge < -0.3 is 10.2 Å². The van der Waals surface area contributed by atoms with E-state index in [0.717, 1.165) is 0 Å². The van der Waals surface area contributed by atoms with Crippen LogP contribution in [0.5, 0.6) is 11.5 Å². The zero-order chi connectivity index (χ0) is 29.3. The van der Waals surface area contributed by atoms with Crippen LogP contribution in [0.2, 0.25) is 0 Å². The highest BCUT2D eigenvalue weighted by Gasteiger charge is 2.69. The van der Waals surface area contributed by atoms with Gasteiger partial charge in [-0.2, -0.15) is 0 Å². The molecule has 0 saturated heterocycles. The average Bonchev–Trinajstić information content (AvgIpc) is 2.97. The molecule has 0 amide bonds. The Kier molecular flexibility index (Phi) is 7.06. The molecule has 8 rings (SSSR count). The molecule has 2 heteroatoms. The van der Waals surface area contributed by atoms with Gasteiger partial charge in [0.25, 0.3) is 0 Å². The second-order valence-corrected chi connectivity index (χ2v) is 16.9. The number of rotatable bonds is 6. The number of hydrogen-bond donors (Lipinski definition) is 2. The maximum Gasteiger partial charge on any atom is 0.119 e. The molecular weight excluding hydrogens is 512 g/mol. The minimum Gasteiger partial charge on any atom is -0.508 e. The van der Waals surface area contributed by atoms with Crippen molar-refractivity contribution in [2.45, 2.75) is 153 Å². The third kappa shape index (κ3) is 4.47. The lowest BCUT2D eigenvalue weighted by atomic mass is 9.31. The van der Waals surface area contributed by atoms with E-state index in [1.54, 1.807) is 0 Å². The Labute approximate surface area is 255 Å². The fourth-order valence-electron chi connectivity index (χ4n) is 11.9. The first-order valence-electron chi connectivity index (χ1n) is 17.8. The second-order valence-electron chi connectivity index (χ2n) is 16.9. The van der Waals surface area contributed by atoms with Gasteiger partial charge in [0.2, 0.25) is 0 Å². The summed E-state index contributed by atoms with van der Waals surface area (Å²) in [6.07, 6.45) is 20.5. The van der Waals surface area contributed by atoms with E-state index in [4.69, 9.17) is 0 Å². The van der Waals surface area contributed by atoms with Crippen molar-refractivity contribution in [3.63, 3.8) is 0 Å². The zero-order valence-electron chi connectivity index (χ0n) is 27.0. The van der Waals surface area contributed by atoms with E-state index in [2.05, 4.69) is 64.1 Å². The smallest absolute Gasteiger partial charge is 0.119 e. The first-order valence-corrected chi connectivity index (χ1v) is 17.8. The molecule has 6 aliphatic rings. The van der Waals surface area contributed by atoms with Crippen LogP contribution in [0.4, 0.5) is 0 Å². The van der Waals surface area contributed by atoms with E-state index in [-0.39, 0.29) is 10.8 Å². The van der Waals surface area contributed by atoms with E-state index in [0.29, 0.717) is 46.0 Å². The van der Waals surface area contributed by atoms with Crippen LogP contribution in [0.3, 0.4) is 0 Å². The normalized spacial score (nSPS) is 35.4. The van der Waals surface area contributed by atoms with Crippen LogP contribution < -0.4 is 0 Å². The summed E-state index contributed by atoms with van der Waals surface area (Å²) in [4.78, 5) is 0. The summed E-state index contributed by atoms with van der Waals surface area (Å²) in [7, 11) is 0. The molecule has 0 heterocycles. The predicted molar refractivity (Wildman–Crippen MR) is 173 cm³/mol. The molecule has 0 unspecified atom stereocenters. The molecule has 4 bridgehead atoms. The lowest BCUT2D eigenvalue weighted by molar-refractivity contribution is -0.176. The molecule has 2 aromatic rings. The molecule has 0 aromatic heterocycles. The van der Waals surface area contributed by atoms with E-state index >= 15 is 0 Å². The quantitative estimate of drug-likeness (QED) is 0.364. The van der Waals surface area contributed by atoms with Gasteiger partial charge in [0.15, 0.2) is 0 Å². The standard InChI is InChI=1S/C40H56O2/c1-27(2)37-21-38(28(3)4)24-39(22-37,31-15-17-35(41)33(19-31)29-11-7-5-8-12-29)26-40(23-37,25-38)32-16-18-36(42)34(20-32)30-13-9-6-10-14-30/h15-20,27-30,41-42H,5-14,21-26H2,1-4H3. The predicted octanol–water partition coefficient (Wildman–Crippen LogP) is 11.0. The molecule has 2 N–H and O–H groups in total. The fraction of sp³-hybridized carbons (Fsp3) is 0.700. The minimum atomic E-state index is 0.142. The Bertz CT molecular complexity index is 1190. The minimum absolute atomic E-state index is 0.142. The highest BCUT2D eigenvalue weighted by atomic mass is 16.3. The highest BCUT2D eigenvalue weighted by Crippen LogP contribution is 2.77. The van der Waals surface area contributed by atoms with Crippen LogP contribution in [-0.4, -0.2) is 10.2 Å². The van der Waals surface area contributed by atoms with Crippen LogP contribution in [0.15, 0.2) is 36.4 Å². The molecule has 0 atom stereocenters. The van der Waals surface area contributed by atoms with Crippen LogP contribution in [-0.2, 0) is 10.8 Å². The topological polar surface area (TPSA) is 40.5 Å². The van der Waals surface area contributed by atoms with Gasteiger partial charge in [-0.1, -0.05) is 90.5 Å². The first-order chi connectivity index (χ1) is 20.1. The van der Waals surface area contributed by atoms with Crippen molar-refractivity contribution >= 4 is 0 Å². The Hall–Kier alpha value is -1.96. The molecule has 0 aliphatic heterocycles. The van der Waals surface area contributed by atoms with E-state index in [9.17, 15) is 10.2 Å². The van der Waals surface area contributed by atoms with E-state index in [1.165, 1.54) is 125 Å². The number of aromatic hydroxyl groups is 2. The van der Waals surface area contributed by atoms with Crippen molar-refractivity contribution in [2.24, 2.45) is 22.7 Å². The number of benzene rings is 2. The maximum atomic E-state index is 11.1. The largest absolute Gasteiger partial charge is 0.508 e. The lowest BCUT2D eigenvalue weighted by Gasteiger charge is -2.73. The Balaban J connectivity index is 1.38. The van der Waals surface area contributed by atoms with Crippen molar-refractivity contribution in [2.75, 3.05) is 0 Å². The third-order valence-electron chi connectivity index (χ3n) is 14.0. The molecule has 6 fully saturated rings. The summed E-state index contributed by atoms with van der Waals surface area (Å²) in [5.41, 5.74) is 6.44. The lowest BCUT2D eigenvalue weighted by Crippen LogP contribution is -2.66. The molecule has 0 radical (unpaired) electrons. The second kappa shape index (κ2) is 10.3. The van der Waals surface area contributed by atoms with Gasteiger partial charge in [0.05, 0.1) is 0 Å². The fourth-order valence-corrected chi connectivity index (χ4v) is 11.9. The summed E-state index contributed by atoms with van der Waals surface area (Å²) in [5, 5.41) is 22.3. The number of hydrogen-bond acceptors (Lipinski definition) is 2. The molecule has 2 nitrogen and oxygen atoms in total. The first kappa shape index (κ1) is 28.8. The van der Waals surface area contributed by atoms with Crippen molar-refractivity contribution in [3.8, 4) is 11.5 Å². The molecule has 6 aliphatic carbocycles. The molecular formula is C40H56O2. The summed E-state index contributed by atoms with van der Waals surface area (Å²) < 4.78 is 0. The monoisotopic (exact) mass is 568 g/mol. The van der Waals surface area contributed by atoms with Gasteiger partial charge in [-0.25, -0.2) is 0 Å². The van der Waals surface area contributed by atoms with Gasteiger partial charge >= 0.3 is 0 Å². The van der Waals surface area contributed by atoms with E-state index < -0.39 is 0 Å². The van der Waals surface area contributed by atoms with Crippen molar-refractivity contribution in [1.82, 2.24) is 0 Å². The summed E-state index contributed by atoms with van der Waals surface area (Å²) in [5.74, 6) is 3.35. The van der Waals surface area contributed by atoms with Crippen LogP contribution in [0.1, 0.15) is 165 Å². The molecule has 0 spiro atoms. The molecule has 6 saturated carbocycles. The highest BCUT2D eigenvalue weighted by molar-refractivity contribution is 5.48. The van der Waals surface area contributed by atoms with Crippen LogP contribution in [0, 0.1) is 22.7 Å². The van der Waals surface area contributed by atoms with Gasteiger partial charge in [-0.05, 0) is 144 Å². The molecule has 42 heavy (non-hydrogen) atoms. The third-order valence-corrected chi connectivity index (χ3v) is 14.0. The van der Waals surface area contributed by atoms with Crippen molar-refractivity contribution in [1.29, 1.82) is 0 Å². The summed E-state index contributed by atoms with van der Waals surface area (Å²) in [6.45, 7) is 10.0. The zero-order valence-corrected chi connectivity index (χ0v) is 27.0. The number of phenolic OH excluding ortho intramolecular Hbond substituents is 2. The van der Waals surface area contributed by atoms with Crippen LogP contribution in [0.25, 0.3) is 0 Å². The Morgan fingerprint density at radius 3 is 1.26 bits per heavy atom. The van der Waals surface area contributed by atoms with Crippen molar-refractivity contribution < 1.29 is 10.2 Å². The summed E-state index contributed by atoms with van der Waals surface area (Å²) >= 11 is 0. The Morgan fingerprint density at radius 1 is 0.524 bits per heavy atom.